The second-order valence-electron chi connectivity index (χ2n) is 6.12. The lowest BCUT2D eigenvalue weighted by atomic mass is 10.1. The Labute approximate surface area is 121 Å². The zero-order valence-electron chi connectivity index (χ0n) is 12.6. The van der Waals surface area contributed by atoms with Crippen molar-refractivity contribution < 1.29 is 9.59 Å². The van der Waals surface area contributed by atoms with Gasteiger partial charge in [0.2, 0.25) is 11.8 Å². The quantitative estimate of drug-likeness (QED) is 0.620. The summed E-state index contributed by atoms with van der Waals surface area (Å²) in [6.45, 7) is 3.28. The molecule has 5 heteroatoms. The average Bonchev–Trinajstić information content (AvgIpc) is 2.68. The minimum atomic E-state index is -0.0965. The fourth-order valence-electron chi connectivity index (χ4n) is 3.01. The molecule has 0 bridgehead atoms. The molecule has 1 heterocycles. The van der Waals surface area contributed by atoms with Crippen LogP contribution in [0.2, 0.25) is 0 Å². The maximum Gasteiger partial charge on any atom is 0.232 e. The van der Waals surface area contributed by atoms with E-state index >= 15 is 0 Å². The van der Waals surface area contributed by atoms with Gasteiger partial charge in [0.1, 0.15) is 6.42 Å². The Morgan fingerprint density at radius 3 is 2.20 bits per heavy atom. The molecule has 20 heavy (non-hydrogen) atoms. The Balaban J connectivity index is 1.71. The highest BCUT2D eigenvalue weighted by Gasteiger charge is 2.22. The van der Waals surface area contributed by atoms with Crippen LogP contribution in [-0.4, -0.2) is 60.9 Å². The Morgan fingerprint density at radius 1 is 1.00 bits per heavy atom. The number of piperazine rings is 1. The Bertz CT molecular complexity index is 330. The summed E-state index contributed by atoms with van der Waals surface area (Å²) >= 11 is 0. The smallest absolute Gasteiger partial charge is 0.232 e. The van der Waals surface area contributed by atoms with Gasteiger partial charge in [-0.2, -0.15) is 0 Å². The number of amides is 2. The molecule has 114 valence electrons. The van der Waals surface area contributed by atoms with E-state index in [1.165, 1.54) is 25.7 Å². The molecule has 0 aromatic carbocycles. The van der Waals surface area contributed by atoms with Crippen LogP contribution in [-0.2, 0) is 9.59 Å². The van der Waals surface area contributed by atoms with Gasteiger partial charge < -0.3 is 15.1 Å². The van der Waals surface area contributed by atoms with Gasteiger partial charge in [-0.1, -0.05) is 25.7 Å². The summed E-state index contributed by atoms with van der Waals surface area (Å²) in [6, 6.07) is 0.283. The molecule has 0 radical (unpaired) electrons. The van der Waals surface area contributed by atoms with Crippen LogP contribution in [0.15, 0.2) is 0 Å². The summed E-state index contributed by atoms with van der Waals surface area (Å²) < 4.78 is 0. The topological polar surface area (TPSA) is 52.7 Å². The lowest BCUT2D eigenvalue weighted by molar-refractivity contribution is -0.137. The van der Waals surface area contributed by atoms with E-state index in [2.05, 4.69) is 17.3 Å². The van der Waals surface area contributed by atoms with Crippen molar-refractivity contribution in [3.8, 4) is 0 Å². The maximum absolute atomic E-state index is 12.1. The molecule has 0 aromatic heterocycles. The molecule has 2 amide bonds. The summed E-state index contributed by atoms with van der Waals surface area (Å²) in [5.74, 6) is -0.120. The van der Waals surface area contributed by atoms with Crippen molar-refractivity contribution in [3.05, 3.63) is 0 Å². The van der Waals surface area contributed by atoms with E-state index in [1.54, 1.807) is 0 Å². The number of hydrogen-bond donors (Lipinski definition) is 1. The van der Waals surface area contributed by atoms with Crippen LogP contribution in [0.1, 0.15) is 44.9 Å². The fourth-order valence-corrected chi connectivity index (χ4v) is 3.01. The molecule has 5 nitrogen and oxygen atoms in total. The summed E-state index contributed by atoms with van der Waals surface area (Å²) in [5, 5.41) is 3.04. The number of hydrogen-bond acceptors (Lipinski definition) is 3. The molecule has 0 unspecified atom stereocenters. The molecular weight excluding hydrogens is 254 g/mol. The van der Waals surface area contributed by atoms with Gasteiger partial charge in [-0.25, -0.2) is 0 Å². The third-order valence-corrected chi connectivity index (χ3v) is 4.39. The van der Waals surface area contributed by atoms with Crippen LogP contribution in [0.25, 0.3) is 0 Å². The second kappa shape index (κ2) is 7.62. The Morgan fingerprint density at radius 2 is 1.60 bits per heavy atom. The van der Waals surface area contributed by atoms with Gasteiger partial charge in [-0.3, -0.25) is 9.59 Å². The molecule has 2 rings (SSSR count). The third kappa shape index (κ3) is 4.78. The predicted molar refractivity (Wildman–Crippen MR) is 78.3 cm³/mol. The molecule has 1 aliphatic carbocycles. The monoisotopic (exact) mass is 281 g/mol. The first-order chi connectivity index (χ1) is 9.65. The highest BCUT2D eigenvalue weighted by atomic mass is 16.2. The highest BCUT2D eigenvalue weighted by Crippen LogP contribution is 2.17. The van der Waals surface area contributed by atoms with Gasteiger partial charge in [0.25, 0.3) is 0 Å². The molecule has 1 aliphatic heterocycles. The number of carbonyl (C=O) groups is 2. The minimum absolute atomic E-state index is 0.0141. The van der Waals surface area contributed by atoms with Crippen molar-refractivity contribution in [2.24, 2.45) is 0 Å². The molecular formula is C15H27N3O2. The summed E-state index contributed by atoms with van der Waals surface area (Å²) in [6.07, 6.45) is 7.07. The number of nitrogens with zero attached hydrogens (tertiary/aromatic N) is 2. The van der Waals surface area contributed by atoms with E-state index in [0.717, 1.165) is 39.0 Å². The van der Waals surface area contributed by atoms with Crippen molar-refractivity contribution in [1.82, 2.24) is 15.1 Å². The standard InChI is InChI=1S/C15H27N3O2/c1-17-8-10-18(11-9-17)15(20)12-14(19)16-13-6-4-2-3-5-7-13/h13H,2-12H2,1H3,(H,16,19). The minimum Gasteiger partial charge on any atom is -0.353 e. The highest BCUT2D eigenvalue weighted by molar-refractivity contribution is 5.97. The van der Waals surface area contributed by atoms with E-state index in [-0.39, 0.29) is 24.3 Å². The molecule has 0 aromatic rings. The summed E-state index contributed by atoms with van der Waals surface area (Å²) in [7, 11) is 2.06. The zero-order valence-corrected chi connectivity index (χ0v) is 12.6. The molecule has 1 N–H and O–H groups in total. The van der Waals surface area contributed by atoms with E-state index in [0.29, 0.717) is 0 Å². The number of nitrogens with one attached hydrogen (secondary N) is 1. The molecule has 2 aliphatic rings. The SMILES string of the molecule is CN1CCN(C(=O)CC(=O)NC2CCCCCC2)CC1. The van der Waals surface area contributed by atoms with E-state index in [1.807, 2.05) is 4.90 Å². The average molecular weight is 281 g/mol. The van der Waals surface area contributed by atoms with Gasteiger partial charge in [0.15, 0.2) is 0 Å². The normalized spacial score (nSPS) is 22.4. The molecule has 2 fully saturated rings. The zero-order chi connectivity index (χ0) is 14.4. The second-order valence-corrected chi connectivity index (χ2v) is 6.12. The van der Waals surface area contributed by atoms with Crippen LogP contribution < -0.4 is 5.32 Å². The first-order valence-electron chi connectivity index (χ1n) is 7.91. The van der Waals surface area contributed by atoms with Gasteiger partial charge >= 0.3 is 0 Å². The first-order valence-corrected chi connectivity index (χ1v) is 7.91. The Hall–Kier alpha value is -1.10. The fraction of sp³-hybridized carbons (Fsp3) is 0.867. The van der Waals surface area contributed by atoms with Crippen molar-refractivity contribution in [3.63, 3.8) is 0 Å². The number of rotatable bonds is 3. The number of likely N-dealkylation sites (N-methyl/N-ethyl adjacent to an activating group) is 1. The van der Waals surface area contributed by atoms with E-state index in [9.17, 15) is 9.59 Å². The van der Waals surface area contributed by atoms with E-state index < -0.39 is 0 Å². The van der Waals surface area contributed by atoms with Crippen LogP contribution in [0.3, 0.4) is 0 Å². The predicted octanol–water partition coefficient (Wildman–Crippen LogP) is 0.989. The van der Waals surface area contributed by atoms with Gasteiger partial charge in [-0.15, -0.1) is 0 Å². The lowest BCUT2D eigenvalue weighted by Gasteiger charge is -2.32. The maximum atomic E-state index is 12.1. The molecule has 1 saturated heterocycles. The van der Waals surface area contributed by atoms with Crippen molar-refractivity contribution in [1.29, 1.82) is 0 Å². The van der Waals surface area contributed by atoms with Gasteiger partial charge in [0.05, 0.1) is 0 Å². The number of carbonyl (C=O) groups excluding carboxylic acids is 2. The van der Waals surface area contributed by atoms with Gasteiger partial charge in [-0.05, 0) is 19.9 Å². The van der Waals surface area contributed by atoms with Crippen LogP contribution in [0.4, 0.5) is 0 Å². The molecule has 0 spiro atoms. The van der Waals surface area contributed by atoms with E-state index in [4.69, 9.17) is 0 Å². The Kier molecular flexibility index (Phi) is 5.83. The van der Waals surface area contributed by atoms with Crippen LogP contribution in [0.5, 0.6) is 0 Å². The largest absolute Gasteiger partial charge is 0.353 e. The molecule has 0 atom stereocenters. The van der Waals surface area contributed by atoms with Crippen LogP contribution >= 0.6 is 0 Å². The first kappa shape index (κ1) is 15.3. The lowest BCUT2D eigenvalue weighted by Crippen LogP contribution is -2.48. The van der Waals surface area contributed by atoms with Gasteiger partial charge in [0, 0.05) is 32.2 Å². The van der Waals surface area contributed by atoms with Crippen molar-refractivity contribution in [2.45, 2.75) is 51.0 Å². The van der Waals surface area contributed by atoms with Crippen LogP contribution in [0, 0.1) is 0 Å². The summed E-state index contributed by atoms with van der Waals surface area (Å²) in [4.78, 5) is 28.1. The van der Waals surface area contributed by atoms with Crippen molar-refractivity contribution in [2.75, 3.05) is 33.2 Å². The third-order valence-electron chi connectivity index (χ3n) is 4.39. The summed E-state index contributed by atoms with van der Waals surface area (Å²) in [5.41, 5.74) is 0. The van der Waals surface area contributed by atoms with Crippen molar-refractivity contribution >= 4 is 11.8 Å². The molecule has 1 saturated carbocycles.